The predicted octanol–water partition coefficient (Wildman–Crippen LogP) is 3.99. The van der Waals surface area contributed by atoms with Crippen LogP contribution in [0.3, 0.4) is 0 Å². The van der Waals surface area contributed by atoms with Gasteiger partial charge in [0.05, 0.1) is 6.26 Å². The number of hydrogen-bond donors (Lipinski definition) is 0. The van der Waals surface area contributed by atoms with Crippen molar-refractivity contribution in [1.29, 1.82) is 0 Å². The van der Waals surface area contributed by atoms with Crippen LogP contribution < -0.4 is 4.90 Å². The van der Waals surface area contributed by atoms with Gasteiger partial charge in [0.2, 0.25) is 5.91 Å². The van der Waals surface area contributed by atoms with Crippen LogP contribution in [0.25, 0.3) is 0 Å². The number of amides is 2. The first-order valence-corrected chi connectivity index (χ1v) is 9.85. The van der Waals surface area contributed by atoms with E-state index >= 15 is 0 Å². The first kappa shape index (κ1) is 17.8. The quantitative estimate of drug-likeness (QED) is 0.825. The van der Waals surface area contributed by atoms with E-state index in [-0.39, 0.29) is 11.8 Å². The molecule has 1 aromatic carbocycles. The Morgan fingerprint density at radius 1 is 1.15 bits per heavy atom. The zero-order valence-corrected chi connectivity index (χ0v) is 16.0. The van der Waals surface area contributed by atoms with Crippen LogP contribution in [0.2, 0.25) is 0 Å². The van der Waals surface area contributed by atoms with Crippen LogP contribution in [0, 0.1) is 0 Å². The van der Waals surface area contributed by atoms with Gasteiger partial charge in [-0.2, -0.15) is 0 Å². The van der Waals surface area contributed by atoms with Crippen molar-refractivity contribution < 1.29 is 14.0 Å². The summed E-state index contributed by atoms with van der Waals surface area (Å²) >= 11 is 0. The molecule has 1 saturated heterocycles. The van der Waals surface area contributed by atoms with E-state index in [9.17, 15) is 9.59 Å². The first-order chi connectivity index (χ1) is 13.1. The summed E-state index contributed by atoms with van der Waals surface area (Å²) in [5.41, 5.74) is 3.55. The van der Waals surface area contributed by atoms with Gasteiger partial charge in [-0.05, 0) is 60.9 Å². The number of carbonyl (C=O) groups excluding carboxylic acids is 2. The molecule has 0 saturated carbocycles. The molecule has 0 unspecified atom stereocenters. The van der Waals surface area contributed by atoms with E-state index in [1.807, 2.05) is 4.90 Å². The minimum absolute atomic E-state index is 0.0330. The second kappa shape index (κ2) is 7.22. The summed E-state index contributed by atoms with van der Waals surface area (Å²) in [5, 5.41) is 0. The van der Waals surface area contributed by atoms with Crippen LogP contribution in [0.1, 0.15) is 60.7 Å². The molecule has 1 fully saturated rings. The van der Waals surface area contributed by atoms with Crippen LogP contribution in [0.15, 0.2) is 41.0 Å². The van der Waals surface area contributed by atoms with Gasteiger partial charge in [-0.15, -0.1) is 0 Å². The summed E-state index contributed by atoms with van der Waals surface area (Å²) in [6, 6.07) is 9.39. The second-order valence-corrected chi connectivity index (χ2v) is 7.77. The number of benzene rings is 1. The molecule has 0 aliphatic carbocycles. The zero-order chi connectivity index (χ0) is 19.0. The maximum absolute atomic E-state index is 13.4. The number of fused-ring (bicyclic) bond motifs is 1. The third-order valence-electron chi connectivity index (χ3n) is 5.69. The number of carbonyl (C=O) groups is 2. The van der Waals surface area contributed by atoms with E-state index in [0.717, 1.165) is 24.9 Å². The topological polar surface area (TPSA) is 53.8 Å². The van der Waals surface area contributed by atoms with Crippen LogP contribution in [0.4, 0.5) is 5.69 Å². The Bertz CT molecular complexity index is 841. The molecule has 0 bridgehead atoms. The summed E-state index contributed by atoms with van der Waals surface area (Å²) in [4.78, 5) is 29.7. The van der Waals surface area contributed by atoms with Crippen LogP contribution in [0.5, 0.6) is 0 Å². The third-order valence-corrected chi connectivity index (χ3v) is 5.69. The van der Waals surface area contributed by atoms with Gasteiger partial charge in [0.25, 0.3) is 5.91 Å². The Labute approximate surface area is 159 Å². The minimum atomic E-state index is -0.404. The van der Waals surface area contributed by atoms with Crippen molar-refractivity contribution in [2.24, 2.45) is 0 Å². The molecule has 27 heavy (non-hydrogen) atoms. The lowest BCUT2D eigenvalue weighted by Crippen LogP contribution is -2.49. The largest absolute Gasteiger partial charge is 0.459 e. The fraction of sp³-hybridized carbons (Fsp3) is 0.455. The SMILES string of the molecule is CC(C)c1ccc2c(c1)CCCN2C(=O)[C@@H]1CCCN1C(=O)c1ccco1. The molecule has 2 aliphatic rings. The Balaban J connectivity index is 1.59. The van der Waals surface area contributed by atoms with Crippen molar-refractivity contribution in [1.82, 2.24) is 4.90 Å². The highest BCUT2D eigenvalue weighted by Gasteiger charge is 2.39. The normalized spacial score (nSPS) is 19.4. The summed E-state index contributed by atoms with van der Waals surface area (Å²) in [7, 11) is 0. The Hall–Kier alpha value is -2.56. The molecule has 142 valence electrons. The summed E-state index contributed by atoms with van der Waals surface area (Å²) < 4.78 is 5.26. The Kier molecular flexibility index (Phi) is 4.77. The predicted molar refractivity (Wildman–Crippen MR) is 104 cm³/mol. The molecule has 0 N–H and O–H groups in total. The van der Waals surface area contributed by atoms with Crippen LogP contribution >= 0.6 is 0 Å². The fourth-order valence-electron chi connectivity index (χ4n) is 4.19. The number of anilines is 1. The fourth-order valence-corrected chi connectivity index (χ4v) is 4.19. The van der Waals surface area contributed by atoms with Gasteiger partial charge >= 0.3 is 0 Å². The van der Waals surface area contributed by atoms with Crippen molar-refractivity contribution in [3.8, 4) is 0 Å². The monoisotopic (exact) mass is 366 g/mol. The lowest BCUT2D eigenvalue weighted by molar-refractivity contribution is -0.122. The maximum atomic E-state index is 13.4. The van der Waals surface area contributed by atoms with Gasteiger partial charge in [-0.1, -0.05) is 26.0 Å². The molecule has 2 aromatic rings. The molecule has 1 aromatic heterocycles. The van der Waals surface area contributed by atoms with E-state index in [1.54, 1.807) is 17.0 Å². The average molecular weight is 366 g/mol. The average Bonchev–Trinajstić information content (AvgIpc) is 3.37. The van der Waals surface area contributed by atoms with Crippen molar-refractivity contribution >= 4 is 17.5 Å². The van der Waals surface area contributed by atoms with Gasteiger partial charge in [-0.25, -0.2) is 0 Å². The molecule has 2 aliphatic heterocycles. The lowest BCUT2D eigenvalue weighted by Gasteiger charge is -2.34. The number of likely N-dealkylation sites (tertiary alicyclic amines) is 1. The van der Waals surface area contributed by atoms with Crippen molar-refractivity contribution in [3.05, 3.63) is 53.5 Å². The summed E-state index contributed by atoms with van der Waals surface area (Å²) in [5.74, 6) is 0.613. The number of furan rings is 1. The van der Waals surface area contributed by atoms with Gasteiger partial charge in [0.15, 0.2) is 5.76 Å². The molecule has 3 heterocycles. The highest BCUT2D eigenvalue weighted by molar-refractivity contribution is 6.02. The number of nitrogens with zero attached hydrogens (tertiary/aromatic N) is 2. The smallest absolute Gasteiger partial charge is 0.290 e. The van der Waals surface area contributed by atoms with E-state index in [1.165, 1.54) is 17.4 Å². The highest BCUT2D eigenvalue weighted by Crippen LogP contribution is 2.32. The minimum Gasteiger partial charge on any atom is -0.459 e. The van der Waals surface area contributed by atoms with Crippen LogP contribution in [-0.4, -0.2) is 35.8 Å². The molecular formula is C22H26N2O3. The number of hydrogen-bond acceptors (Lipinski definition) is 3. The summed E-state index contributed by atoms with van der Waals surface area (Å²) in [6.07, 6.45) is 5.00. The number of aryl methyl sites for hydroxylation is 1. The molecule has 5 nitrogen and oxygen atoms in total. The molecule has 4 rings (SSSR count). The molecular weight excluding hydrogens is 340 g/mol. The van der Waals surface area contributed by atoms with Crippen molar-refractivity contribution in [2.45, 2.75) is 51.5 Å². The third kappa shape index (κ3) is 3.27. The number of rotatable bonds is 3. The maximum Gasteiger partial charge on any atom is 0.290 e. The zero-order valence-electron chi connectivity index (χ0n) is 16.0. The van der Waals surface area contributed by atoms with Crippen LogP contribution in [-0.2, 0) is 11.2 Å². The molecule has 2 amide bonds. The molecule has 1 atom stereocenters. The van der Waals surface area contributed by atoms with Gasteiger partial charge in [0, 0.05) is 18.8 Å². The Morgan fingerprint density at radius 3 is 2.74 bits per heavy atom. The standard InChI is InChI=1S/C22H26N2O3/c1-15(2)16-9-10-18-17(14-16)6-3-11-23(18)21(25)19-7-4-12-24(19)22(26)20-8-5-13-27-20/h5,8-10,13-15,19H,3-4,6-7,11-12H2,1-2H3/t19-/m0/s1. The van der Waals surface area contributed by atoms with E-state index in [2.05, 4.69) is 32.0 Å². The second-order valence-electron chi connectivity index (χ2n) is 7.77. The Morgan fingerprint density at radius 2 is 2.00 bits per heavy atom. The van der Waals surface area contributed by atoms with Gasteiger partial charge in [-0.3, -0.25) is 9.59 Å². The summed E-state index contributed by atoms with van der Waals surface area (Å²) in [6.45, 7) is 5.68. The molecule has 5 heteroatoms. The van der Waals surface area contributed by atoms with E-state index < -0.39 is 6.04 Å². The van der Waals surface area contributed by atoms with E-state index in [0.29, 0.717) is 31.2 Å². The van der Waals surface area contributed by atoms with Gasteiger partial charge in [0.1, 0.15) is 6.04 Å². The lowest BCUT2D eigenvalue weighted by atomic mass is 9.94. The van der Waals surface area contributed by atoms with E-state index in [4.69, 9.17) is 4.42 Å². The molecule has 0 radical (unpaired) electrons. The highest BCUT2D eigenvalue weighted by atomic mass is 16.3. The molecule has 0 spiro atoms. The first-order valence-electron chi connectivity index (χ1n) is 9.85. The van der Waals surface area contributed by atoms with Crippen molar-refractivity contribution in [3.63, 3.8) is 0 Å². The van der Waals surface area contributed by atoms with Crippen molar-refractivity contribution in [2.75, 3.05) is 18.0 Å². The van der Waals surface area contributed by atoms with Gasteiger partial charge < -0.3 is 14.2 Å².